The molecule has 6 heteroatoms. The second-order valence-electron chi connectivity index (χ2n) is 7.68. The van der Waals surface area contributed by atoms with E-state index in [4.69, 9.17) is 0 Å². The highest BCUT2D eigenvalue weighted by Gasteiger charge is 2.48. The Kier molecular flexibility index (Phi) is 4.95. The predicted octanol–water partition coefficient (Wildman–Crippen LogP) is 2.06. The lowest BCUT2D eigenvalue weighted by atomic mass is 9.63. The van der Waals surface area contributed by atoms with Crippen LogP contribution >= 0.6 is 0 Å². The zero-order chi connectivity index (χ0) is 18.2. The Labute approximate surface area is 150 Å². The van der Waals surface area contributed by atoms with E-state index in [-0.39, 0.29) is 5.91 Å². The number of benzene rings is 1. The lowest BCUT2D eigenvalue weighted by molar-refractivity contribution is -0.142. The summed E-state index contributed by atoms with van der Waals surface area (Å²) in [6, 6.07) is 7.23. The van der Waals surface area contributed by atoms with Crippen molar-refractivity contribution in [3.05, 3.63) is 29.8 Å². The van der Waals surface area contributed by atoms with E-state index in [1.54, 1.807) is 12.1 Å². The monoisotopic (exact) mass is 364 g/mol. The molecule has 1 aromatic rings. The molecule has 1 aromatic carbocycles. The van der Waals surface area contributed by atoms with E-state index in [2.05, 4.69) is 11.9 Å². The van der Waals surface area contributed by atoms with Gasteiger partial charge in [-0.2, -0.15) is 0 Å². The summed E-state index contributed by atoms with van der Waals surface area (Å²) in [6.45, 7) is 2.05. The number of sulfone groups is 1. The number of piperidine rings is 1. The quantitative estimate of drug-likeness (QED) is 0.821. The van der Waals surface area contributed by atoms with Gasteiger partial charge in [0, 0.05) is 19.3 Å². The normalized spacial score (nSPS) is 21.6. The van der Waals surface area contributed by atoms with Gasteiger partial charge in [0.2, 0.25) is 5.91 Å². The Hall–Kier alpha value is -1.40. The first-order chi connectivity index (χ1) is 11.7. The van der Waals surface area contributed by atoms with Gasteiger partial charge < -0.3 is 9.80 Å². The van der Waals surface area contributed by atoms with Crippen molar-refractivity contribution in [3.8, 4) is 0 Å². The van der Waals surface area contributed by atoms with Crippen LogP contribution in [0.25, 0.3) is 0 Å². The lowest BCUT2D eigenvalue weighted by Crippen LogP contribution is -2.54. The first-order valence-corrected chi connectivity index (χ1v) is 10.9. The Balaban J connectivity index is 1.81. The summed E-state index contributed by atoms with van der Waals surface area (Å²) in [5.74, 6) is 0.195. The number of carbonyl (C=O) groups is 1. The number of hydrogen-bond donors (Lipinski definition) is 0. The van der Waals surface area contributed by atoms with E-state index in [1.165, 1.54) is 6.26 Å². The molecule has 0 aromatic heterocycles. The molecule has 5 nitrogen and oxygen atoms in total. The van der Waals surface area contributed by atoms with Crippen LogP contribution in [0, 0.1) is 0 Å². The highest BCUT2D eigenvalue weighted by Crippen LogP contribution is 2.45. The van der Waals surface area contributed by atoms with E-state index in [0.29, 0.717) is 10.9 Å². The van der Waals surface area contributed by atoms with Gasteiger partial charge in [-0.25, -0.2) is 8.42 Å². The van der Waals surface area contributed by atoms with Crippen molar-refractivity contribution in [2.75, 3.05) is 33.4 Å². The van der Waals surface area contributed by atoms with E-state index >= 15 is 0 Å². The van der Waals surface area contributed by atoms with Crippen molar-refractivity contribution >= 4 is 15.7 Å². The van der Waals surface area contributed by atoms with Crippen LogP contribution < -0.4 is 0 Å². The molecule has 2 fully saturated rings. The van der Waals surface area contributed by atoms with Gasteiger partial charge >= 0.3 is 0 Å². The maximum absolute atomic E-state index is 13.3. The molecule has 0 spiro atoms. The van der Waals surface area contributed by atoms with Gasteiger partial charge in [0.1, 0.15) is 0 Å². The molecule has 1 amide bonds. The minimum Gasteiger partial charge on any atom is -0.342 e. The number of likely N-dealkylation sites (tertiary alicyclic amines) is 1. The van der Waals surface area contributed by atoms with Crippen molar-refractivity contribution in [1.29, 1.82) is 0 Å². The summed E-state index contributed by atoms with van der Waals surface area (Å²) in [4.78, 5) is 17.9. The standard InChI is InChI=1S/C19H28N2O3S/c1-20-13-9-16(10-14-20)21(2)18(22)19(11-4-12-19)15-5-7-17(8-6-15)25(3,23)24/h5-8,16H,4,9-14H2,1-3H3. The molecule has 2 aliphatic rings. The fourth-order valence-corrected chi connectivity index (χ4v) is 4.69. The summed E-state index contributed by atoms with van der Waals surface area (Å²) in [5, 5.41) is 0. The Morgan fingerprint density at radius 1 is 1.16 bits per heavy atom. The second kappa shape index (κ2) is 6.72. The number of hydrogen-bond acceptors (Lipinski definition) is 4. The zero-order valence-corrected chi connectivity index (χ0v) is 16.2. The zero-order valence-electron chi connectivity index (χ0n) is 15.4. The number of nitrogens with zero attached hydrogens (tertiary/aromatic N) is 2. The average Bonchev–Trinajstić information content (AvgIpc) is 2.53. The van der Waals surface area contributed by atoms with Gasteiger partial charge in [0.15, 0.2) is 9.84 Å². The Morgan fingerprint density at radius 2 is 1.72 bits per heavy atom. The van der Waals surface area contributed by atoms with Gasteiger partial charge in [0.05, 0.1) is 10.3 Å². The molecule has 0 unspecified atom stereocenters. The largest absolute Gasteiger partial charge is 0.342 e. The minimum atomic E-state index is -3.21. The SMILES string of the molecule is CN1CCC(N(C)C(=O)C2(c3ccc(S(C)(=O)=O)cc3)CCC2)CC1. The number of carbonyl (C=O) groups excluding carboxylic acids is 1. The number of likely N-dealkylation sites (N-methyl/N-ethyl adjacent to an activating group) is 1. The van der Waals surface area contributed by atoms with Gasteiger partial charge in [-0.15, -0.1) is 0 Å². The molecule has 1 aliphatic carbocycles. The van der Waals surface area contributed by atoms with Crippen LogP contribution in [-0.2, 0) is 20.0 Å². The van der Waals surface area contributed by atoms with Gasteiger partial charge in [0.25, 0.3) is 0 Å². The molecule has 1 saturated heterocycles. The molecule has 0 radical (unpaired) electrons. The van der Waals surface area contributed by atoms with Gasteiger partial charge in [-0.1, -0.05) is 18.6 Å². The third-order valence-corrected chi connectivity index (χ3v) is 7.14. The van der Waals surface area contributed by atoms with Crippen LogP contribution in [0.1, 0.15) is 37.7 Å². The molecule has 25 heavy (non-hydrogen) atoms. The van der Waals surface area contributed by atoms with Crippen LogP contribution in [0.4, 0.5) is 0 Å². The van der Waals surface area contributed by atoms with E-state index < -0.39 is 15.3 Å². The summed E-state index contributed by atoms with van der Waals surface area (Å²) >= 11 is 0. The topological polar surface area (TPSA) is 57.7 Å². The average molecular weight is 365 g/mol. The molecule has 3 rings (SSSR count). The van der Waals surface area contributed by atoms with Crippen molar-refractivity contribution in [2.45, 2.75) is 48.5 Å². The molecule has 0 N–H and O–H groups in total. The molecular formula is C19H28N2O3S. The Bertz CT molecular complexity index is 730. The van der Waals surface area contributed by atoms with Crippen LogP contribution in [-0.4, -0.2) is 63.6 Å². The van der Waals surface area contributed by atoms with Crippen molar-refractivity contribution in [2.24, 2.45) is 0 Å². The minimum absolute atomic E-state index is 0.195. The molecule has 1 heterocycles. The van der Waals surface area contributed by atoms with Crippen molar-refractivity contribution in [1.82, 2.24) is 9.80 Å². The van der Waals surface area contributed by atoms with Gasteiger partial charge in [-0.05, 0) is 63.5 Å². The first kappa shape index (κ1) is 18.4. The van der Waals surface area contributed by atoms with Crippen molar-refractivity contribution < 1.29 is 13.2 Å². The highest BCUT2D eigenvalue weighted by molar-refractivity contribution is 7.90. The van der Waals surface area contributed by atoms with Crippen LogP contribution in [0.15, 0.2) is 29.2 Å². The molecular weight excluding hydrogens is 336 g/mol. The summed E-state index contributed by atoms with van der Waals surface area (Å²) in [5.41, 5.74) is 0.490. The fraction of sp³-hybridized carbons (Fsp3) is 0.632. The molecule has 138 valence electrons. The lowest BCUT2D eigenvalue weighted by Gasteiger charge is -2.46. The fourth-order valence-electron chi connectivity index (χ4n) is 4.06. The third-order valence-electron chi connectivity index (χ3n) is 6.01. The maximum atomic E-state index is 13.3. The summed E-state index contributed by atoms with van der Waals surface area (Å²) in [6.07, 6.45) is 5.98. The molecule has 0 bridgehead atoms. The Morgan fingerprint density at radius 3 is 2.16 bits per heavy atom. The number of rotatable bonds is 4. The van der Waals surface area contributed by atoms with Crippen molar-refractivity contribution in [3.63, 3.8) is 0 Å². The summed E-state index contributed by atoms with van der Waals surface area (Å²) < 4.78 is 23.3. The summed E-state index contributed by atoms with van der Waals surface area (Å²) in [7, 11) is 0.841. The van der Waals surface area contributed by atoms with E-state index in [1.807, 2.05) is 24.1 Å². The maximum Gasteiger partial charge on any atom is 0.233 e. The molecule has 1 aliphatic heterocycles. The molecule has 1 saturated carbocycles. The second-order valence-corrected chi connectivity index (χ2v) is 9.70. The van der Waals surface area contributed by atoms with Crippen LogP contribution in [0.5, 0.6) is 0 Å². The van der Waals surface area contributed by atoms with E-state index in [9.17, 15) is 13.2 Å². The molecule has 0 atom stereocenters. The predicted molar refractivity (Wildman–Crippen MR) is 98.4 cm³/mol. The van der Waals surface area contributed by atoms with Gasteiger partial charge in [-0.3, -0.25) is 4.79 Å². The third kappa shape index (κ3) is 3.47. The highest BCUT2D eigenvalue weighted by atomic mass is 32.2. The van der Waals surface area contributed by atoms with Crippen LogP contribution in [0.3, 0.4) is 0 Å². The van der Waals surface area contributed by atoms with E-state index in [0.717, 1.165) is 50.8 Å². The smallest absolute Gasteiger partial charge is 0.233 e. The first-order valence-electron chi connectivity index (χ1n) is 9.00. The number of amides is 1. The van der Waals surface area contributed by atoms with Crippen LogP contribution in [0.2, 0.25) is 0 Å².